The van der Waals surface area contributed by atoms with Crippen LogP contribution < -0.4 is 15.2 Å². The maximum atomic E-state index is 10.6. The fourth-order valence-corrected chi connectivity index (χ4v) is 2.16. The van der Waals surface area contributed by atoms with E-state index in [0.29, 0.717) is 0 Å². The zero-order chi connectivity index (χ0) is 9.19. The molecule has 1 fully saturated rings. The van der Waals surface area contributed by atoms with E-state index in [9.17, 15) is 8.42 Å². The van der Waals surface area contributed by atoms with E-state index in [4.69, 9.17) is 5.14 Å². The van der Waals surface area contributed by atoms with Gasteiger partial charge in [-0.05, 0) is 26.3 Å². The smallest absolute Gasteiger partial charge is 0.274 e. The second kappa shape index (κ2) is 3.69. The molecule has 1 aliphatic heterocycles. The number of nitrogens with one attached hydrogen (secondary N) is 2. The average molecular weight is 193 g/mol. The Bertz CT molecular complexity index is 233. The van der Waals surface area contributed by atoms with Crippen molar-refractivity contribution in [2.24, 2.45) is 5.14 Å². The van der Waals surface area contributed by atoms with Crippen molar-refractivity contribution in [3.05, 3.63) is 0 Å². The van der Waals surface area contributed by atoms with E-state index in [2.05, 4.69) is 10.0 Å². The summed E-state index contributed by atoms with van der Waals surface area (Å²) in [6.07, 6.45) is 2.10. The Balaban J connectivity index is 2.42. The van der Waals surface area contributed by atoms with Crippen LogP contribution in [-0.2, 0) is 10.2 Å². The molecule has 2 unspecified atom stereocenters. The number of hydrogen-bond donors (Lipinski definition) is 3. The Kier molecular flexibility index (Phi) is 3.05. The van der Waals surface area contributed by atoms with Crippen LogP contribution in [0.4, 0.5) is 0 Å². The Labute approximate surface area is 72.9 Å². The van der Waals surface area contributed by atoms with Gasteiger partial charge in [-0.25, -0.2) is 5.14 Å². The van der Waals surface area contributed by atoms with Crippen LogP contribution in [0.15, 0.2) is 0 Å². The lowest BCUT2D eigenvalue weighted by atomic mass is 10.1. The first-order chi connectivity index (χ1) is 5.49. The van der Waals surface area contributed by atoms with Crippen LogP contribution in [-0.4, -0.2) is 27.0 Å². The van der Waals surface area contributed by atoms with Crippen LogP contribution in [0.3, 0.4) is 0 Å². The Morgan fingerprint density at radius 1 is 1.67 bits per heavy atom. The van der Waals surface area contributed by atoms with Crippen molar-refractivity contribution in [2.75, 3.05) is 6.54 Å². The molecule has 12 heavy (non-hydrogen) atoms. The third-order valence-electron chi connectivity index (χ3n) is 2.05. The van der Waals surface area contributed by atoms with Crippen LogP contribution in [0.25, 0.3) is 0 Å². The van der Waals surface area contributed by atoms with E-state index < -0.39 is 10.2 Å². The van der Waals surface area contributed by atoms with Gasteiger partial charge in [-0.15, -0.1) is 0 Å². The van der Waals surface area contributed by atoms with Crippen molar-refractivity contribution in [3.63, 3.8) is 0 Å². The Morgan fingerprint density at radius 3 is 2.75 bits per heavy atom. The van der Waals surface area contributed by atoms with Crippen molar-refractivity contribution in [1.29, 1.82) is 0 Å². The lowest BCUT2D eigenvalue weighted by Crippen LogP contribution is -2.47. The van der Waals surface area contributed by atoms with Gasteiger partial charge in [0.1, 0.15) is 0 Å². The summed E-state index contributed by atoms with van der Waals surface area (Å²) in [7, 11) is -3.55. The van der Waals surface area contributed by atoms with E-state index in [1.54, 1.807) is 0 Å². The highest BCUT2D eigenvalue weighted by atomic mass is 32.2. The Hall–Kier alpha value is -0.170. The summed E-state index contributed by atoms with van der Waals surface area (Å²) in [5.74, 6) is 0. The predicted octanol–water partition coefficient (Wildman–Crippen LogP) is -1.08. The molecule has 0 aromatic heterocycles. The first-order valence-electron chi connectivity index (χ1n) is 4.02. The van der Waals surface area contributed by atoms with Gasteiger partial charge in [0.05, 0.1) is 0 Å². The third-order valence-corrected chi connectivity index (χ3v) is 2.75. The number of rotatable bonds is 3. The highest BCUT2D eigenvalue weighted by Gasteiger charge is 2.22. The molecule has 0 radical (unpaired) electrons. The first kappa shape index (κ1) is 9.91. The van der Waals surface area contributed by atoms with Crippen LogP contribution in [0, 0.1) is 0 Å². The molecule has 0 aromatic carbocycles. The normalized spacial score (nSPS) is 27.3. The third kappa shape index (κ3) is 3.06. The molecule has 6 heteroatoms. The molecular weight excluding hydrogens is 178 g/mol. The molecule has 5 nitrogen and oxygen atoms in total. The van der Waals surface area contributed by atoms with Crippen molar-refractivity contribution in [1.82, 2.24) is 10.0 Å². The van der Waals surface area contributed by atoms with Gasteiger partial charge in [0.25, 0.3) is 10.2 Å². The lowest BCUT2D eigenvalue weighted by molar-refractivity contribution is 0.471. The second-order valence-electron chi connectivity index (χ2n) is 3.15. The molecular formula is C6H15N3O2S. The predicted molar refractivity (Wildman–Crippen MR) is 46.7 cm³/mol. The van der Waals surface area contributed by atoms with Crippen molar-refractivity contribution in [3.8, 4) is 0 Å². The van der Waals surface area contributed by atoms with Gasteiger partial charge in [0.15, 0.2) is 0 Å². The van der Waals surface area contributed by atoms with Crippen molar-refractivity contribution in [2.45, 2.75) is 31.8 Å². The number of hydrogen-bond acceptors (Lipinski definition) is 3. The molecule has 0 spiro atoms. The van der Waals surface area contributed by atoms with Crippen LogP contribution in [0.2, 0.25) is 0 Å². The topological polar surface area (TPSA) is 84.2 Å². The fraction of sp³-hybridized carbons (Fsp3) is 1.00. The minimum atomic E-state index is -3.55. The SMILES string of the molecule is CC(NS(N)(=O)=O)C1CCCN1. The minimum Gasteiger partial charge on any atom is -0.312 e. The maximum absolute atomic E-state index is 10.6. The molecule has 72 valence electrons. The average Bonchev–Trinajstić information content (AvgIpc) is 2.32. The summed E-state index contributed by atoms with van der Waals surface area (Å²) < 4.78 is 23.6. The van der Waals surface area contributed by atoms with Gasteiger partial charge < -0.3 is 5.32 Å². The van der Waals surface area contributed by atoms with E-state index in [1.165, 1.54) is 0 Å². The minimum absolute atomic E-state index is 0.123. The standard InChI is InChI=1S/C6H15N3O2S/c1-5(9-12(7,10)11)6-3-2-4-8-6/h5-6,8-9H,2-4H2,1H3,(H2,7,10,11). The fourth-order valence-electron chi connectivity index (χ4n) is 1.48. The van der Waals surface area contributed by atoms with Crippen LogP contribution in [0.5, 0.6) is 0 Å². The molecule has 2 atom stereocenters. The molecule has 0 bridgehead atoms. The van der Waals surface area contributed by atoms with Gasteiger partial charge in [0, 0.05) is 12.1 Å². The second-order valence-corrected chi connectivity index (χ2v) is 4.48. The summed E-state index contributed by atoms with van der Waals surface area (Å²) in [5, 5.41) is 8.03. The molecule has 4 N–H and O–H groups in total. The monoisotopic (exact) mass is 193 g/mol. The van der Waals surface area contributed by atoms with Crippen molar-refractivity contribution >= 4 is 10.2 Å². The Morgan fingerprint density at radius 2 is 2.33 bits per heavy atom. The molecule has 0 saturated carbocycles. The highest BCUT2D eigenvalue weighted by Crippen LogP contribution is 2.08. The van der Waals surface area contributed by atoms with E-state index in [-0.39, 0.29) is 12.1 Å². The molecule has 1 saturated heterocycles. The maximum Gasteiger partial charge on any atom is 0.274 e. The van der Waals surface area contributed by atoms with Crippen LogP contribution >= 0.6 is 0 Å². The largest absolute Gasteiger partial charge is 0.312 e. The summed E-state index contributed by atoms with van der Waals surface area (Å²) >= 11 is 0. The summed E-state index contributed by atoms with van der Waals surface area (Å²) in [6.45, 7) is 2.77. The molecule has 1 rings (SSSR count). The van der Waals surface area contributed by atoms with E-state index >= 15 is 0 Å². The van der Waals surface area contributed by atoms with E-state index in [1.807, 2.05) is 6.92 Å². The van der Waals surface area contributed by atoms with Crippen LogP contribution in [0.1, 0.15) is 19.8 Å². The van der Waals surface area contributed by atoms with Gasteiger partial charge in [-0.2, -0.15) is 13.1 Å². The molecule has 0 amide bonds. The molecule has 1 heterocycles. The number of nitrogens with two attached hydrogens (primary N) is 1. The summed E-state index contributed by atoms with van der Waals surface area (Å²) in [6, 6.07) is 0.103. The van der Waals surface area contributed by atoms with Gasteiger partial charge in [0.2, 0.25) is 0 Å². The van der Waals surface area contributed by atoms with Gasteiger partial charge in [-0.3, -0.25) is 0 Å². The highest BCUT2D eigenvalue weighted by molar-refractivity contribution is 7.87. The van der Waals surface area contributed by atoms with Gasteiger partial charge in [-0.1, -0.05) is 0 Å². The summed E-state index contributed by atoms with van der Waals surface area (Å²) in [5.41, 5.74) is 0. The van der Waals surface area contributed by atoms with E-state index in [0.717, 1.165) is 19.4 Å². The molecule has 1 aliphatic rings. The summed E-state index contributed by atoms with van der Waals surface area (Å²) in [4.78, 5) is 0. The first-order valence-corrected chi connectivity index (χ1v) is 5.57. The van der Waals surface area contributed by atoms with Crippen molar-refractivity contribution < 1.29 is 8.42 Å². The zero-order valence-corrected chi connectivity index (χ0v) is 7.89. The zero-order valence-electron chi connectivity index (χ0n) is 7.08. The quantitative estimate of drug-likeness (QED) is 0.533. The molecule has 0 aromatic rings. The van der Waals surface area contributed by atoms with Gasteiger partial charge >= 0.3 is 0 Å². The lowest BCUT2D eigenvalue weighted by Gasteiger charge is -2.18. The molecule has 0 aliphatic carbocycles.